The van der Waals surface area contributed by atoms with Gasteiger partial charge in [0.25, 0.3) is 0 Å². The van der Waals surface area contributed by atoms with E-state index in [0.29, 0.717) is 0 Å². The summed E-state index contributed by atoms with van der Waals surface area (Å²) in [7, 11) is 2.24. The molecule has 0 aromatic heterocycles. The summed E-state index contributed by atoms with van der Waals surface area (Å²) >= 11 is 2.07. The molecule has 1 saturated carbocycles. The van der Waals surface area contributed by atoms with Crippen LogP contribution in [-0.2, 0) is 0 Å². The van der Waals surface area contributed by atoms with Crippen molar-refractivity contribution < 1.29 is 0 Å². The predicted molar refractivity (Wildman–Crippen MR) is 68.6 cm³/mol. The summed E-state index contributed by atoms with van der Waals surface area (Å²) in [5.41, 5.74) is 0. The van der Waals surface area contributed by atoms with Crippen LogP contribution in [0.2, 0.25) is 0 Å². The van der Waals surface area contributed by atoms with E-state index in [-0.39, 0.29) is 0 Å². The van der Waals surface area contributed by atoms with Crippen LogP contribution in [0.5, 0.6) is 0 Å². The van der Waals surface area contributed by atoms with Crippen LogP contribution in [0.1, 0.15) is 25.7 Å². The molecule has 1 aliphatic carbocycles. The third-order valence-corrected chi connectivity index (χ3v) is 5.17. The zero-order valence-corrected chi connectivity index (χ0v) is 10.9. The minimum Gasteiger partial charge on any atom is -0.304 e. The number of piperazine rings is 1. The molecule has 2 aliphatic rings. The van der Waals surface area contributed by atoms with E-state index in [1.165, 1.54) is 51.9 Å². The van der Waals surface area contributed by atoms with Crippen molar-refractivity contribution in [2.24, 2.45) is 0 Å². The van der Waals surface area contributed by atoms with Crippen molar-refractivity contribution in [2.75, 3.05) is 39.5 Å². The first-order chi connectivity index (χ1) is 7.29. The number of hydrogen-bond acceptors (Lipinski definition) is 3. The molecule has 0 N–H and O–H groups in total. The molecular weight excluding hydrogens is 204 g/mol. The quantitative estimate of drug-likeness (QED) is 0.713. The summed E-state index contributed by atoms with van der Waals surface area (Å²) in [6.07, 6.45) is 8.03. The number of thioether (sulfide) groups is 1. The second kappa shape index (κ2) is 5.55. The minimum absolute atomic E-state index is 0.905. The van der Waals surface area contributed by atoms with Crippen LogP contribution in [0, 0.1) is 0 Å². The highest BCUT2D eigenvalue weighted by atomic mass is 32.2. The lowest BCUT2D eigenvalue weighted by Gasteiger charge is -2.40. The van der Waals surface area contributed by atoms with Gasteiger partial charge in [0.2, 0.25) is 0 Å². The Morgan fingerprint density at radius 2 is 1.53 bits per heavy atom. The first-order valence-electron chi connectivity index (χ1n) is 6.25. The molecule has 0 amide bonds. The lowest BCUT2D eigenvalue weighted by Crippen LogP contribution is -2.50. The molecular formula is C12H24N2S. The zero-order chi connectivity index (χ0) is 10.7. The molecule has 2 rings (SSSR count). The van der Waals surface area contributed by atoms with Gasteiger partial charge in [-0.2, -0.15) is 11.8 Å². The Labute approximate surface area is 98.4 Å². The Morgan fingerprint density at radius 1 is 0.933 bits per heavy atom. The first-order valence-corrected chi connectivity index (χ1v) is 7.54. The smallest absolute Gasteiger partial charge is 0.0113 e. The number of nitrogens with zero attached hydrogens (tertiary/aromatic N) is 2. The highest BCUT2D eigenvalue weighted by Crippen LogP contribution is 2.29. The van der Waals surface area contributed by atoms with Crippen molar-refractivity contribution >= 4 is 11.8 Å². The molecule has 2 fully saturated rings. The van der Waals surface area contributed by atoms with E-state index < -0.39 is 0 Å². The summed E-state index contributed by atoms with van der Waals surface area (Å²) < 4.78 is 0. The fraction of sp³-hybridized carbons (Fsp3) is 1.00. The van der Waals surface area contributed by atoms with Crippen LogP contribution in [-0.4, -0.2) is 60.6 Å². The number of likely N-dealkylation sites (N-methyl/N-ethyl adjacent to an activating group) is 1. The zero-order valence-electron chi connectivity index (χ0n) is 10.1. The van der Waals surface area contributed by atoms with E-state index in [1.807, 2.05) is 0 Å². The van der Waals surface area contributed by atoms with Crippen molar-refractivity contribution in [3.05, 3.63) is 0 Å². The average molecular weight is 228 g/mol. The molecule has 0 aromatic rings. The van der Waals surface area contributed by atoms with Crippen LogP contribution in [0.15, 0.2) is 0 Å². The van der Waals surface area contributed by atoms with Gasteiger partial charge in [0.15, 0.2) is 0 Å². The van der Waals surface area contributed by atoms with Crippen molar-refractivity contribution in [2.45, 2.75) is 37.0 Å². The maximum Gasteiger partial charge on any atom is 0.0113 e. The van der Waals surface area contributed by atoms with Gasteiger partial charge in [-0.1, -0.05) is 0 Å². The van der Waals surface area contributed by atoms with Crippen molar-refractivity contribution in [1.82, 2.24) is 9.80 Å². The molecule has 0 bridgehead atoms. The standard InChI is InChI=1S/C12H24N2S/c1-13-7-9-14(10-8-13)11-3-5-12(15-2)6-4-11/h11-12H,3-10H2,1-2H3. The van der Waals surface area contributed by atoms with Gasteiger partial charge in [0.05, 0.1) is 0 Å². The van der Waals surface area contributed by atoms with E-state index in [9.17, 15) is 0 Å². The maximum atomic E-state index is 2.73. The number of rotatable bonds is 2. The normalized spacial score (nSPS) is 35.6. The molecule has 3 heteroatoms. The topological polar surface area (TPSA) is 6.48 Å². The highest BCUT2D eigenvalue weighted by Gasteiger charge is 2.26. The minimum atomic E-state index is 0.905. The Morgan fingerprint density at radius 3 is 2.07 bits per heavy atom. The lowest BCUT2D eigenvalue weighted by atomic mass is 9.93. The largest absolute Gasteiger partial charge is 0.304 e. The summed E-state index contributed by atoms with van der Waals surface area (Å²) in [6.45, 7) is 5.13. The van der Waals surface area contributed by atoms with Gasteiger partial charge in [0.1, 0.15) is 0 Å². The van der Waals surface area contributed by atoms with Gasteiger partial charge >= 0.3 is 0 Å². The molecule has 0 aromatic carbocycles. The summed E-state index contributed by atoms with van der Waals surface area (Å²) in [6, 6.07) is 0.905. The van der Waals surface area contributed by atoms with Gasteiger partial charge in [-0.05, 0) is 39.0 Å². The summed E-state index contributed by atoms with van der Waals surface area (Å²) in [5.74, 6) is 0. The average Bonchev–Trinajstić information content (AvgIpc) is 2.30. The second-order valence-corrected chi connectivity index (χ2v) is 6.14. The third kappa shape index (κ3) is 3.11. The predicted octanol–water partition coefficient (Wildman–Crippen LogP) is 1.91. The summed E-state index contributed by atoms with van der Waals surface area (Å²) in [5, 5.41) is 0.953. The van der Waals surface area contributed by atoms with E-state index in [0.717, 1.165) is 11.3 Å². The second-order valence-electron chi connectivity index (χ2n) is 5.01. The lowest BCUT2D eigenvalue weighted by molar-refractivity contribution is 0.0922. The molecule has 2 nitrogen and oxygen atoms in total. The molecule has 0 atom stereocenters. The number of hydrogen-bond donors (Lipinski definition) is 0. The van der Waals surface area contributed by atoms with E-state index in [4.69, 9.17) is 0 Å². The molecule has 1 saturated heterocycles. The van der Waals surface area contributed by atoms with Crippen molar-refractivity contribution in [3.8, 4) is 0 Å². The van der Waals surface area contributed by atoms with Gasteiger partial charge in [-0.25, -0.2) is 0 Å². The van der Waals surface area contributed by atoms with Crippen LogP contribution in [0.25, 0.3) is 0 Å². The van der Waals surface area contributed by atoms with Crippen LogP contribution < -0.4 is 0 Å². The van der Waals surface area contributed by atoms with Gasteiger partial charge < -0.3 is 4.90 Å². The monoisotopic (exact) mass is 228 g/mol. The molecule has 1 aliphatic heterocycles. The third-order valence-electron chi connectivity index (χ3n) is 4.03. The molecule has 1 heterocycles. The van der Waals surface area contributed by atoms with Gasteiger partial charge in [0, 0.05) is 37.5 Å². The van der Waals surface area contributed by atoms with Crippen molar-refractivity contribution in [3.63, 3.8) is 0 Å². The first kappa shape index (κ1) is 11.7. The van der Waals surface area contributed by atoms with E-state index in [2.05, 4.69) is 34.9 Å². The fourth-order valence-electron chi connectivity index (χ4n) is 2.83. The molecule has 0 radical (unpaired) electrons. The Hall–Kier alpha value is 0.270. The van der Waals surface area contributed by atoms with Crippen LogP contribution in [0.3, 0.4) is 0 Å². The fourth-order valence-corrected chi connectivity index (χ4v) is 3.58. The Bertz CT molecular complexity index is 182. The Kier molecular flexibility index (Phi) is 4.35. The van der Waals surface area contributed by atoms with E-state index in [1.54, 1.807) is 0 Å². The van der Waals surface area contributed by atoms with E-state index >= 15 is 0 Å². The molecule has 15 heavy (non-hydrogen) atoms. The molecule has 0 spiro atoms. The SMILES string of the molecule is CSC1CCC(N2CCN(C)CC2)CC1. The maximum absolute atomic E-state index is 2.73. The van der Waals surface area contributed by atoms with Crippen LogP contribution in [0.4, 0.5) is 0 Å². The van der Waals surface area contributed by atoms with Crippen LogP contribution >= 0.6 is 11.8 Å². The molecule has 88 valence electrons. The molecule has 0 unspecified atom stereocenters. The highest BCUT2D eigenvalue weighted by molar-refractivity contribution is 7.99. The van der Waals surface area contributed by atoms with Gasteiger partial charge in [-0.3, -0.25) is 4.90 Å². The van der Waals surface area contributed by atoms with Gasteiger partial charge in [-0.15, -0.1) is 0 Å². The summed E-state index contributed by atoms with van der Waals surface area (Å²) in [4.78, 5) is 5.18. The Balaban J connectivity index is 1.75. The van der Waals surface area contributed by atoms with Crippen molar-refractivity contribution in [1.29, 1.82) is 0 Å².